The van der Waals surface area contributed by atoms with E-state index < -0.39 is 23.0 Å². The van der Waals surface area contributed by atoms with Gasteiger partial charge in [0.15, 0.2) is 34.5 Å². The summed E-state index contributed by atoms with van der Waals surface area (Å²) in [6.07, 6.45) is 3.87. The molecule has 0 bridgehead atoms. The maximum absolute atomic E-state index is 15.0. The van der Waals surface area contributed by atoms with Gasteiger partial charge in [-0.25, -0.2) is 18.7 Å². The van der Waals surface area contributed by atoms with Crippen LogP contribution in [0.2, 0.25) is 0 Å². The second kappa shape index (κ2) is 10.8. The van der Waals surface area contributed by atoms with E-state index in [1.807, 2.05) is 0 Å². The lowest BCUT2D eigenvalue weighted by atomic mass is 10.1. The molecule has 0 aliphatic rings. The fourth-order valence-corrected chi connectivity index (χ4v) is 3.92. The van der Waals surface area contributed by atoms with E-state index in [2.05, 4.69) is 25.5 Å². The van der Waals surface area contributed by atoms with E-state index in [9.17, 15) is 19.1 Å². The van der Waals surface area contributed by atoms with Crippen molar-refractivity contribution in [3.63, 3.8) is 0 Å². The van der Waals surface area contributed by atoms with E-state index in [4.69, 9.17) is 4.74 Å². The molecule has 5 aromatic rings. The molecule has 39 heavy (non-hydrogen) atoms. The Hall–Kier alpha value is -4.97. The summed E-state index contributed by atoms with van der Waals surface area (Å²) in [6.45, 7) is 1.64. The van der Waals surface area contributed by atoms with E-state index in [0.717, 1.165) is 6.07 Å². The first kappa shape index (κ1) is 25.7. The number of ketones is 1. The number of aromatic nitrogens is 5. The van der Waals surface area contributed by atoms with Crippen LogP contribution in [0.5, 0.6) is 11.5 Å². The fraction of sp³-hybridized carbons (Fsp3) is 0.148. The standard InChI is InChI=1S/C27H22F2N6O4/c1-15(14-36)32-26-23-22(8-9-31-25(23)33-34-26)39-21-7-2-16(12-19(21)29)13-20(37)24-27(38)35(11-10-30-24)18-5-3-17(28)4-6-18/h2-12,15,36H,13-14H2,1H3,(H2,31,32,33,34)/t15-/m1/s1. The summed E-state index contributed by atoms with van der Waals surface area (Å²) < 4.78 is 35.3. The van der Waals surface area contributed by atoms with E-state index in [1.54, 1.807) is 13.0 Å². The lowest BCUT2D eigenvalue weighted by Gasteiger charge is -2.12. The van der Waals surface area contributed by atoms with Gasteiger partial charge < -0.3 is 15.2 Å². The molecule has 2 aromatic carbocycles. The minimum atomic E-state index is -0.725. The summed E-state index contributed by atoms with van der Waals surface area (Å²) in [5, 5.41) is 19.8. The number of hydrogen-bond acceptors (Lipinski definition) is 8. The molecule has 12 heteroatoms. The van der Waals surface area contributed by atoms with Gasteiger partial charge in [0.1, 0.15) is 17.0 Å². The highest BCUT2D eigenvalue weighted by atomic mass is 19.1. The summed E-state index contributed by atoms with van der Waals surface area (Å²) in [5.74, 6) is -1.22. The van der Waals surface area contributed by atoms with E-state index in [1.165, 1.54) is 59.6 Å². The number of H-pyrrole nitrogens is 1. The van der Waals surface area contributed by atoms with Crippen molar-refractivity contribution in [1.82, 2.24) is 24.7 Å². The Kier molecular flexibility index (Phi) is 7.10. The van der Waals surface area contributed by atoms with Crippen LogP contribution in [0, 0.1) is 11.6 Å². The van der Waals surface area contributed by atoms with Gasteiger partial charge in [-0.1, -0.05) is 6.07 Å². The average Bonchev–Trinajstić information content (AvgIpc) is 3.34. The van der Waals surface area contributed by atoms with Gasteiger partial charge in [0.05, 0.1) is 6.61 Å². The molecular formula is C27H22F2N6O4. The number of aliphatic hydroxyl groups excluding tert-OH is 1. The first-order valence-electron chi connectivity index (χ1n) is 11.9. The molecule has 10 nitrogen and oxygen atoms in total. The maximum atomic E-state index is 15.0. The van der Waals surface area contributed by atoms with Gasteiger partial charge in [0.2, 0.25) is 0 Å². The molecule has 0 aliphatic heterocycles. The molecule has 198 valence electrons. The van der Waals surface area contributed by atoms with Gasteiger partial charge in [-0.2, -0.15) is 5.10 Å². The van der Waals surface area contributed by atoms with Crippen LogP contribution in [-0.2, 0) is 6.42 Å². The van der Waals surface area contributed by atoms with E-state index in [-0.39, 0.29) is 36.3 Å². The Morgan fingerprint density at radius 3 is 2.64 bits per heavy atom. The van der Waals surface area contributed by atoms with Crippen LogP contribution in [0.4, 0.5) is 14.6 Å². The fourth-order valence-electron chi connectivity index (χ4n) is 3.92. The summed E-state index contributed by atoms with van der Waals surface area (Å²) in [7, 11) is 0. The van der Waals surface area contributed by atoms with Crippen LogP contribution in [-0.4, -0.2) is 48.3 Å². The Balaban J connectivity index is 1.36. The van der Waals surface area contributed by atoms with Crippen molar-refractivity contribution in [1.29, 1.82) is 0 Å². The van der Waals surface area contributed by atoms with Crippen LogP contribution in [0.3, 0.4) is 0 Å². The Bertz CT molecular complexity index is 1720. The van der Waals surface area contributed by atoms with Gasteiger partial charge in [0.25, 0.3) is 5.56 Å². The smallest absolute Gasteiger partial charge is 0.284 e. The van der Waals surface area contributed by atoms with Gasteiger partial charge in [-0.15, -0.1) is 0 Å². The molecule has 0 unspecified atom stereocenters. The third kappa shape index (κ3) is 5.36. The SMILES string of the molecule is C[C@H](CO)Nc1n[nH]c2nccc(Oc3ccc(CC(=O)c4nccn(-c5ccc(F)cc5)c4=O)cc3F)c12. The molecule has 0 amide bonds. The van der Waals surface area contributed by atoms with E-state index in [0.29, 0.717) is 28.1 Å². The second-order valence-electron chi connectivity index (χ2n) is 8.73. The number of hydrogen-bond donors (Lipinski definition) is 3. The van der Waals surface area contributed by atoms with Crippen molar-refractivity contribution >= 4 is 22.6 Å². The van der Waals surface area contributed by atoms with Crippen LogP contribution >= 0.6 is 0 Å². The first-order valence-corrected chi connectivity index (χ1v) is 11.9. The van der Waals surface area contributed by atoms with Crippen LogP contribution in [0.25, 0.3) is 16.7 Å². The second-order valence-corrected chi connectivity index (χ2v) is 8.73. The molecule has 0 spiro atoms. The molecule has 0 radical (unpaired) electrons. The summed E-state index contributed by atoms with van der Waals surface area (Å²) in [4.78, 5) is 33.9. The lowest BCUT2D eigenvalue weighted by molar-refractivity contribution is 0.0986. The largest absolute Gasteiger partial charge is 0.453 e. The number of aliphatic hydroxyl groups is 1. The highest BCUT2D eigenvalue weighted by Gasteiger charge is 2.19. The minimum Gasteiger partial charge on any atom is -0.453 e. The van der Waals surface area contributed by atoms with Crippen molar-refractivity contribution in [2.45, 2.75) is 19.4 Å². The number of benzene rings is 2. The van der Waals surface area contributed by atoms with Crippen molar-refractivity contribution in [2.24, 2.45) is 0 Å². The number of ether oxygens (including phenoxy) is 1. The summed E-state index contributed by atoms with van der Waals surface area (Å²) in [6, 6.07) is 10.5. The van der Waals surface area contributed by atoms with E-state index >= 15 is 4.39 Å². The number of halogens is 2. The number of pyridine rings is 1. The number of carbonyl (C=O) groups is 1. The molecule has 0 aliphatic carbocycles. The summed E-state index contributed by atoms with van der Waals surface area (Å²) in [5.41, 5.74) is 0.0995. The molecule has 1 atom stereocenters. The molecule has 0 saturated carbocycles. The van der Waals surface area contributed by atoms with Crippen molar-refractivity contribution < 1.29 is 23.4 Å². The molecular weight excluding hydrogens is 510 g/mol. The number of rotatable bonds is 9. The monoisotopic (exact) mass is 532 g/mol. The Labute approximate surface area is 219 Å². The van der Waals surface area contributed by atoms with Gasteiger partial charge in [-0.05, 0) is 48.9 Å². The minimum absolute atomic E-state index is 0.0995. The Morgan fingerprint density at radius 1 is 1.10 bits per heavy atom. The normalized spacial score (nSPS) is 11.9. The van der Waals surface area contributed by atoms with Gasteiger partial charge in [0, 0.05) is 42.8 Å². The van der Waals surface area contributed by atoms with Gasteiger partial charge in [-0.3, -0.25) is 19.3 Å². The number of carbonyl (C=O) groups excluding carboxylic acids is 1. The third-order valence-corrected chi connectivity index (χ3v) is 5.87. The molecule has 3 heterocycles. The Morgan fingerprint density at radius 2 is 1.90 bits per heavy atom. The number of nitrogens with one attached hydrogen (secondary N) is 2. The average molecular weight is 533 g/mol. The van der Waals surface area contributed by atoms with Crippen LogP contribution < -0.4 is 15.6 Å². The molecule has 3 aromatic heterocycles. The van der Waals surface area contributed by atoms with Crippen LogP contribution in [0.1, 0.15) is 23.0 Å². The number of fused-ring (bicyclic) bond motifs is 1. The third-order valence-electron chi connectivity index (χ3n) is 5.87. The first-order chi connectivity index (χ1) is 18.8. The van der Waals surface area contributed by atoms with Crippen molar-refractivity contribution in [3.05, 3.63) is 100 Å². The number of aromatic amines is 1. The number of anilines is 1. The van der Waals surface area contributed by atoms with Crippen molar-refractivity contribution in [2.75, 3.05) is 11.9 Å². The predicted molar refractivity (Wildman–Crippen MR) is 138 cm³/mol. The highest BCUT2D eigenvalue weighted by Crippen LogP contribution is 2.34. The topological polar surface area (TPSA) is 135 Å². The van der Waals surface area contributed by atoms with Crippen molar-refractivity contribution in [3.8, 4) is 17.2 Å². The number of Topliss-reactive ketones (excluding diaryl/α,β-unsaturated/α-hetero) is 1. The summed E-state index contributed by atoms with van der Waals surface area (Å²) >= 11 is 0. The zero-order chi connectivity index (χ0) is 27.5. The lowest BCUT2D eigenvalue weighted by Crippen LogP contribution is -2.27. The van der Waals surface area contributed by atoms with Crippen LogP contribution in [0.15, 0.2) is 71.9 Å². The zero-order valence-electron chi connectivity index (χ0n) is 20.6. The van der Waals surface area contributed by atoms with Gasteiger partial charge >= 0.3 is 0 Å². The molecule has 0 saturated heterocycles. The molecule has 5 rings (SSSR count). The maximum Gasteiger partial charge on any atom is 0.284 e. The zero-order valence-corrected chi connectivity index (χ0v) is 20.6. The quantitative estimate of drug-likeness (QED) is 0.244. The number of nitrogens with zero attached hydrogens (tertiary/aromatic N) is 4. The molecule has 0 fully saturated rings. The highest BCUT2D eigenvalue weighted by molar-refractivity contribution is 5.95. The molecule has 3 N–H and O–H groups in total. The predicted octanol–water partition coefficient (Wildman–Crippen LogP) is 3.79.